The van der Waals surface area contributed by atoms with Gasteiger partial charge in [0.05, 0.1) is 17.4 Å². The molecule has 0 unspecified atom stereocenters. The summed E-state index contributed by atoms with van der Waals surface area (Å²) in [6.07, 6.45) is 4.11. The van der Waals surface area contributed by atoms with E-state index in [0.29, 0.717) is 11.4 Å². The molecule has 1 saturated heterocycles. The van der Waals surface area contributed by atoms with Gasteiger partial charge in [-0.3, -0.25) is 14.3 Å². The van der Waals surface area contributed by atoms with E-state index in [1.807, 2.05) is 41.0 Å². The Morgan fingerprint density at radius 3 is 3.00 bits per heavy atom. The summed E-state index contributed by atoms with van der Waals surface area (Å²) in [5.74, 6) is 7.04. The van der Waals surface area contributed by atoms with Gasteiger partial charge in [-0.15, -0.1) is 0 Å². The van der Waals surface area contributed by atoms with Crippen molar-refractivity contribution < 1.29 is 0 Å². The second kappa shape index (κ2) is 6.08. The van der Waals surface area contributed by atoms with Crippen molar-refractivity contribution in [2.75, 3.05) is 6.54 Å². The first kappa shape index (κ1) is 15.3. The van der Waals surface area contributed by atoms with Gasteiger partial charge in [0.2, 0.25) is 0 Å². The molecule has 0 spiro atoms. The summed E-state index contributed by atoms with van der Waals surface area (Å²) in [5.41, 5.74) is 2.37. The van der Waals surface area contributed by atoms with Gasteiger partial charge in [-0.05, 0) is 55.6 Å². The Hall–Kier alpha value is -2.97. The largest absolute Gasteiger partial charge is 0.293 e. The van der Waals surface area contributed by atoms with E-state index in [-0.39, 0.29) is 5.56 Å². The zero-order valence-electron chi connectivity index (χ0n) is 14.4. The van der Waals surface area contributed by atoms with Crippen LogP contribution in [0.5, 0.6) is 0 Å². The average molecular weight is 342 g/mol. The minimum absolute atomic E-state index is 0.0702. The smallest absolute Gasteiger partial charge is 0.261 e. The number of hydrogen-bond donors (Lipinski definition) is 0. The Morgan fingerprint density at radius 1 is 1.15 bits per heavy atom. The van der Waals surface area contributed by atoms with Crippen LogP contribution in [0.25, 0.3) is 10.9 Å². The van der Waals surface area contributed by atoms with E-state index in [2.05, 4.69) is 21.7 Å². The minimum Gasteiger partial charge on any atom is -0.293 e. The summed E-state index contributed by atoms with van der Waals surface area (Å²) in [7, 11) is 0. The molecule has 2 aliphatic rings. The molecule has 3 aromatic rings. The van der Waals surface area contributed by atoms with Crippen molar-refractivity contribution in [3.05, 3.63) is 70.0 Å². The third-order valence-corrected chi connectivity index (χ3v) is 5.27. The van der Waals surface area contributed by atoms with Gasteiger partial charge in [-0.2, -0.15) is 0 Å². The van der Waals surface area contributed by atoms with Crippen LogP contribution in [0.1, 0.15) is 29.9 Å². The maximum absolute atomic E-state index is 12.9. The lowest BCUT2D eigenvalue weighted by atomic mass is 10.1. The molecular weight excluding hydrogens is 324 g/mol. The molecule has 1 atom stereocenters. The van der Waals surface area contributed by atoms with Crippen molar-refractivity contribution in [1.29, 1.82) is 0 Å². The van der Waals surface area contributed by atoms with Crippen LogP contribution in [0, 0.1) is 11.8 Å². The Balaban J connectivity index is 1.56. The zero-order valence-corrected chi connectivity index (χ0v) is 14.4. The van der Waals surface area contributed by atoms with Crippen molar-refractivity contribution in [2.24, 2.45) is 0 Å². The number of hydrogen-bond acceptors (Lipinski definition) is 4. The topological polar surface area (TPSA) is 51.0 Å². The number of nitrogens with zero attached hydrogens (tertiary/aromatic N) is 4. The first-order chi connectivity index (χ1) is 12.8. The second-order valence-corrected chi connectivity index (χ2v) is 6.91. The number of benzene rings is 1. The molecular formula is C21H18N4O. The van der Waals surface area contributed by atoms with Crippen LogP contribution >= 0.6 is 0 Å². The fraction of sp³-hybridized carbons (Fsp3) is 0.286. The molecule has 5 nitrogen and oxygen atoms in total. The van der Waals surface area contributed by atoms with Gasteiger partial charge >= 0.3 is 0 Å². The molecule has 1 aromatic carbocycles. The van der Waals surface area contributed by atoms with Crippen LogP contribution in [-0.2, 0) is 13.1 Å². The molecule has 0 bridgehead atoms. The number of rotatable bonds is 0. The van der Waals surface area contributed by atoms with E-state index >= 15 is 0 Å². The first-order valence-corrected chi connectivity index (χ1v) is 8.98. The van der Waals surface area contributed by atoms with Gasteiger partial charge in [0.25, 0.3) is 5.56 Å². The van der Waals surface area contributed by atoms with Crippen LogP contribution < -0.4 is 5.56 Å². The third kappa shape index (κ3) is 2.59. The standard InChI is InChI=1S/C21H18N4O/c26-21-18-9-7-15(6-8-16-4-1-2-10-22-16)12-19(18)23-20-14-24-11-3-5-17(24)13-25(20)21/h1-2,4,7,9-10,12,17H,3,5,11,13-14H2/t17-/m1/s1. The maximum Gasteiger partial charge on any atom is 0.261 e. The summed E-state index contributed by atoms with van der Waals surface area (Å²) >= 11 is 0. The lowest BCUT2D eigenvalue weighted by Gasteiger charge is -2.31. The Bertz CT molecular complexity index is 1110. The molecule has 1 fully saturated rings. The molecule has 2 aromatic heterocycles. The van der Waals surface area contributed by atoms with Crippen molar-refractivity contribution in [3.63, 3.8) is 0 Å². The van der Waals surface area contributed by atoms with Crippen LogP contribution in [0.4, 0.5) is 0 Å². The van der Waals surface area contributed by atoms with Crippen LogP contribution in [0.15, 0.2) is 47.4 Å². The lowest BCUT2D eigenvalue weighted by Crippen LogP contribution is -2.43. The Morgan fingerprint density at radius 2 is 2.12 bits per heavy atom. The predicted molar refractivity (Wildman–Crippen MR) is 99.7 cm³/mol. The van der Waals surface area contributed by atoms with E-state index in [1.54, 1.807) is 6.20 Å². The molecule has 2 aliphatic heterocycles. The molecule has 0 aliphatic carbocycles. The van der Waals surface area contributed by atoms with Gasteiger partial charge in [-0.25, -0.2) is 9.97 Å². The Kier molecular flexibility index (Phi) is 3.58. The fourth-order valence-electron chi connectivity index (χ4n) is 3.93. The van der Waals surface area contributed by atoms with E-state index in [1.165, 1.54) is 12.8 Å². The highest BCUT2D eigenvalue weighted by Gasteiger charge is 2.31. The number of pyridine rings is 1. The van der Waals surface area contributed by atoms with E-state index in [9.17, 15) is 4.79 Å². The van der Waals surface area contributed by atoms with Gasteiger partial charge in [0.15, 0.2) is 0 Å². The van der Waals surface area contributed by atoms with Crippen LogP contribution in [0.3, 0.4) is 0 Å². The first-order valence-electron chi connectivity index (χ1n) is 8.98. The van der Waals surface area contributed by atoms with Crippen molar-refractivity contribution in [1.82, 2.24) is 19.4 Å². The molecule has 0 radical (unpaired) electrons. The molecule has 5 heteroatoms. The average Bonchev–Trinajstić information content (AvgIpc) is 3.13. The molecule has 5 rings (SSSR count). The van der Waals surface area contributed by atoms with Crippen molar-refractivity contribution >= 4 is 10.9 Å². The predicted octanol–water partition coefficient (Wildman–Crippen LogP) is 2.17. The molecule has 128 valence electrons. The van der Waals surface area contributed by atoms with Crippen LogP contribution in [-0.4, -0.2) is 32.0 Å². The summed E-state index contributed by atoms with van der Waals surface area (Å²) in [6, 6.07) is 11.8. The number of aromatic nitrogens is 3. The Labute approximate surface area is 151 Å². The van der Waals surface area contributed by atoms with E-state index in [4.69, 9.17) is 4.98 Å². The van der Waals surface area contributed by atoms with E-state index < -0.39 is 0 Å². The minimum atomic E-state index is 0.0702. The third-order valence-electron chi connectivity index (χ3n) is 5.27. The highest BCUT2D eigenvalue weighted by molar-refractivity contribution is 5.79. The van der Waals surface area contributed by atoms with Crippen molar-refractivity contribution in [2.45, 2.75) is 32.0 Å². The monoisotopic (exact) mass is 342 g/mol. The summed E-state index contributed by atoms with van der Waals surface area (Å²) in [4.78, 5) is 24.4. The van der Waals surface area contributed by atoms with E-state index in [0.717, 1.165) is 42.2 Å². The molecule has 26 heavy (non-hydrogen) atoms. The molecule has 0 amide bonds. The van der Waals surface area contributed by atoms with Crippen molar-refractivity contribution in [3.8, 4) is 11.8 Å². The molecule has 0 N–H and O–H groups in total. The van der Waals surface area contributed by atoms with Crippen LogP contribution in [0.2, 0.25) is 0 Å². The molecule has 4 heterocycles. The normalized spacial score (nSPS) is 18.8. The summed E-state index contributed by atoms with van der Waals surface area (Å²) < 4.78 is 1.87. The van der Waals surface area contributed by atoms with Gasteiger partial charge in [0, 0.05) is 24.3 Å². The quantitative estimate of drug-likeness (QED) is 0.588. The highest BCUT2D eigenvalue weighted by Crippen LogP contribution is 2.25. The van der Waals surface area contributed by atoms with Gasteiger partial charge in [0.1, 0.15) is 11.5 Å². The fourth-order valence-corrected chi connectivity index (χ4v) is 3.93. The van der Waals surface area contributed by atoms with Gasteiger partial charge in [-0.1, -0.05) is 12.0 Å². The highest BCUT2D eigenvalue weighted by atomic mass is 16.1. The maximum atomic E-state index is 12.9. The summed E-state index contributed by atoms with van der Waals surface area (Å²) in [5, 5.41) is 0.670. The lowest BCUT2D eigenvalue weighted by molar-refractivity contribution is 0.181. The summed E-state index contributed by atoms with van der Waals surface area (Å²) in [6.45, 7) is 2.63. The zero-order chi connectivity index (χ0) is 17.5. The number of fused-ring (bicyclic) bond motifs is 3. The SMILES string of the molecule is O=c1c2ccc(C#Cc3ccccn3)cc2nc2n1C[C@H]1CCCN1C2. The molecule has 0 saturated carbocycles. The van der Waals surface area contributed by atoms with Gasteiger partial charge < -0.3 is 0 Å². The second-order valence-electron chi connectivity index (χ2n) is 6.91.